The van der Waals surface area contributed by atoms with E-state index in [-0.39, 0.29) is 30.2 Å². The van der Waals surface area contributed by atoms with Crippen molar-refractivity contribution in [2.24, 2.45) is 14.1 Å². The standard InChI is InChI=1S/C17H20ClN5O4/c1-21-14-13(15(26)22(2)17(21)27)23(8-10-5-3-4-6-12(10)18)16(20-14)19-7-11(25)9-24/h3-6,11,24-25H,7-9H2,1-2H3,(H,19,20). The highest BCUT2D eigenvalue weighted by molar-refractivity contribution is 6.31. The minimum absolute atomic E-state index is 0.0244. The van der Waals surface area contributed by atoms with E-state index in [2.05, 4.69) is 10.3 Å². The number of nitrogens with zero attached hydrogens (tertiary/aromatic N) is 4. The summed E-state index contributed by atoms with van der Waals surface area (Å²) in [4.78, 5) is 29.3. The minimum Gasteiger partial charge on any atom is -0.394 e. The number of aliphatic hydroxyl groups is 2. The van der Waals surface area contributed by atoms with Gasteiger partial charge in [0, 0.05) is 25.7 Å². The van der Waals surface area contributed by atoms with Gasteiger partial charge in [0.1, 0.15) is 0 Å². The smallest absolute Gasteiger partial charge is 0.332 e. The number of fused-ring (bicyclic) bond motifs is 1. The third-order valence-electron chi connectivity index (χ3n) is 4.34. The lowest BCUT2D eigenvalue weighted by atomic mass is 10.2. The average Bonchev–Trinajstić information content (AvgIpc) is 3.03. The zero-order valence-electron chi connectivity index (χ0n) is 14.9. The topological polar surface area (TPSA) is 114 Å². The molecule has 3 rings (SSSR count). The fourth-order valence-electron chi connectivity index (χ4n) is 2.81. The number of imidazole rings is 1. The molecule has 27 heavy (non-hydrogen) atoms. The average molecular weight is 394 g/mol. The summed E-state index contributed by atoms with van der Waals surface area (Å²) in [5.41, 5.74) is 0.247. The maximum absolute atomic E-state index is 12.7. The van der Waals surface area contributed by atoms with Gasteiger partial charge in [-0.3, -0.25) is 18.5 Å². The van der Waals surface area contributed by atoms with Crippen LogP contribution in [0.4, 0.5) is 5.95 Å². The summed E-state index contributed by atoms with van der Waals surface area (Å²) in [6, 6.07) is 7.20. The normalized spacial score (nSPS) is 12.5. The van der Waals surface area contributed by atoms with E-state index in [0.29, 0.717) is 5.02 Å². The van der Waals surface area contributed by atoms with E-state index in [0.717, 1.165) is 10.1 Å². The van der Waals surface area contributed by atoms with Crippen molar-refractivity contribution >= 4 is 28.7 Å². The van der Waals surface area contributed by atoms with Crippen LogP contribution in [0.2, 0.25) is 5.02 Å². The zero-order valence-corrected chi connectivity index (χ0v) is 15.6. The lowest BCUT2D eigenvalue weighted by molar-refractivity contribution is 0.105. The molecule has 1 atom stereocenters. The molecule has 1 unspecified atom stereocenters. The van der Waals surface area contributed by atoms with Crippen molar-refractivity contribution in [2.75, 3.05) is 18.5 Å². The van der Waals surface area contributed by atoms with Crippen molar-refractivity contribution in [1.29, 1.82) is 0 Å². The second kappa shape index (κ2) is 7.55. The second-order valence-electron chi connectivity index (χ2n) is 6.21. The Hall–Kier alpha value is -2.62. The first kappa shape index (κ1) is 19.2. The molecule has 0 radical (unpaired) electrons. The number of aryl methyl sites for hydroxylation is 1. The van der Waals surface area contributed by atoms with Crippen LogP contribution >= 0.6 is 11.6 Å². The molecule has 0 saturated heterocycles. The van der Waals surface area contributed by atoms with Crippen molar-refractivity contribution in [1.82, 2.24) is 18.7 Å². The summed E-state index contributed by atoms with van der Waals surface area (Å²) in [6.45, 7) is -0.157. The van der Waals surface area contributed by atoms with Gasteiger partial charge < -0.3 is 15.5 Å². The van der Waals surface area contributed by atoms with Crippen molar-refractivity contribution in [3.8, 4) is 0 Å². The number of hydrogen-bond acceptors (Lipinski definition) is 6. The van der Waals surface area contributed by atoms with E-state index in [9.17, 15) is 14.7 Å². The molecule has 9 nitrogen and oxygen atoms in total. The quantitative estimate of drug-likeness (QED) is 0.539. The monoisotopic (exact) mass is 393 g/mol. The van der Waals surface area contributed by atoms with Crippen LogP contribution in [0.15, 0.2) is 33.9 Å². The third kappa shape index (κ3) is 3.48. The molecule has 2 aromatic heterocycles. The zero-order chi connectivity index (χ0) is 19.7. The molecule has 0 aliphatic carbocycles. The number of hydrogen-bond donors (Lipinski definition) is 3. The van der Waals surface area contributed by atoms with Gasteiger partial charge in [0.15, 0.2) is 11.2 Å². The third-order valence-corrected chi connectivity index (χ3v) is 4.71. The Labute approximate surface area is 159 Å². The lowest BCUT2D eigenvalue weighted by Gasteiger charge is -2.13. The molecule has 0 fully saturated rings. The number of halogens is 1. The van der Waals surface area contributed by atoms with Gasteiger partial charge in [-0.2, -0.15) is 4.98 Å². The van der Waals surface area contributed by atoms with Gasteiger partial charge >= 0.3 is 5.69 Å². The van der Waals surface area contributed by atoms with Crippen LogP contribution < -0.4 is 16.6 Å². The van der Waals surface area contributed by atoms with Crippen molar-refractivity contribution < 1.29 is 10.2 Å². The van der Waals surface area contributed by atoms with E-state index in [1.54, 1.807) is 16.7 Å². The highest BCUT2D eigenvalue weighted by atomic mass is 35.5. The summed E-state index contributed by atoms with van der Waals surface area (Å²) in [6.07, 6.45) is -0.995. The molecule has 144 valence electrons. The molecule has 0 amide bonds. The molecule has 3 N–H and O–H groups in total. The first-order chi connectivity index (χ1) is 12.8. The van der Waals surface area contributed by atoms with Gasteiger partial charge in [-0.25, -0.2) is 4.79 Å². The van der Waals surface area contributed by atoms with E-state index >= 15 is 0 Å². The van der Waals surface area contributed by atoms with Gasteiger partial charge in [-0.15, -0.1) is 0 Å². The van der Waals surface area contributed by atoms with Crippen molar-refractivity contribution in [3.63, 3.8) is 0 Å². The Bertz CT molecular complexity index is 1100. The van der Waals surface area contributed by atoms with Crippen LogP contribution in [0.5, 0.6) is 0 Å². The van der Waals surface area contributed by atoms with Crippen LogP contribution in [0.3, 0.4) is 0 Å². The summed E-state index contributed by atoms with van der Waals surface area (Å²) in [5.74, 6) is 0.288. The largest absolute Gasteiger partial charge is 0.394 e. The van der Waals surface area contributed by atoms with Gasteiger partial charge in [-0.1, -0.05) is 29.8 Å². The number of rotatable bonds is 6. The number of aromatic nitrogens is 4. The number of anilines is 1. The highest BCUT2D eigenvalue weighted by Crippen LogP contribution is 2.22. The van der Waals surface area contributed by atoms with Crippen molar-refractivity contribution in [3.05, 3.63) is 55.7 Å². The molecule has 2 heterocycles. The Kier molecular flexibility index (Phi) is 5.36. The van der Waals surface area contributed by atoms with Crippen LogP contribution in [0, 0.1) is 0 Å². The number of nitrogens with one attached hydrogen (secondary N) is 1. The summed E-state index contributed by atoms with van der Waals surface area (Å²) >= 11 is 6.26. The molecule has 0 aliphatic rings. The van der Waals surface area contributed by atoms with E-state index in [1.807, 2.05) is 12.1 Å². The lowest BCUT2D eigenvalue weighted by Crippen LogP contribution is -2.37. The van der Waals surface area contributed by atoms with Gasteiger partial charge in [0.2, 0.25) is 5.95 Å². The van der Waals surface area contributed by atoms with E-state index in [4.69, 9.17) is 16.7 Å². The molecular formula is C17H20ClN5O4. The van der Waals surface area contributed by atoms with E-state index < -0.39 is 24.0 Å². The fourth-order valence-corrected chi connectivity index (χ4v) is 3.00. The predicted octanol–water partition coefficient (Wildman–Crippen LogP) is -0.0995. The van der Waals surface area contributed by atoms with Gasteiger partial charge in [0.25, 0.3) is 5.56 Å². The van der Waals surface area contributed by atoms with Gasteiger partial charge in [0.05, 0.1) is 19.3 Å². The SMILES string of the molecule is Cn1c(=O)c2c(nc(NCC(O)CO)n2Cc2ccccc2Cl)n(C)c1=O. The molecule has 1 aromatic carbocycles. The number of aliphatic hydroxyl groups excluding tert-OH is 2. The Balaban J connectivity index is 2.22. The fraction of sp³-hybridized carbons (Fsp3) is 0.353. The second-order valence-corrected chi connectivity index (χ2v) is 6.62. The summed E-state index contributed by atoms with van der Waals surface area (Å²) < 4.78 is 3.91. The maximum Gasteiger partial charge on any atom is 0.332 e. The van der Waals surface area contributed by atoms with Crippen LogP contribution in [-0.4, -0.2) is 48.2 Å². The Morgan fingerprint density at radius 3 is 2.59 bits per heavy atom. The first-order valence-electron chi connectivity index (χ1n) is 8.27. The summed E-state index contributed by atoms with van der Waals surface area (Å²) in [5, 5.41) is 22.1. The molecule has 0 aliphatic heterocycles. The Morgan fingerprint density at radius 2 is 1.93 bits per heavy atom. The van der Waals surface area contributed by atoms with Crippen LogP contribution in [-0.2, 0) is 20.6 Å². The molecule has 0 saturated carbocycles. The summed E-state index contributed by atoms with van der Waals surface area (Å²) in [7, 11) is 2.93. The molecule has 0 spiro atoms. The van der Waals surface area contributed by atoms with Gasteiger partial charge in [-0.05, 0) is 11.6 Å². The molecular weight excluding hydrogens is 374 g/mol. The van der Waals surface area contributed by atoms with Crippen LogP contribution in [0.25, 0.3) is 11.2 Å². The molecule has 10 heteroatoms. The minimum atomic E-state index is -0.995. The molecule has 3 aromatic rings. The van der Waals surface area contributed by atoms with E-state index in [1.165, 1.54) is 18.7 Å². The Morgan fingerprint density at radius 1 is 1.22 bits per heavy atom. The maximum atomic E-state index is 12.7. The van der Waals surface area contributed by atoms with Crippen molar-refractivity contribution in [2.45, 2.75) is 12.6 Å². The highest BCUT2D eigenvalue weighted by Gasteiger charge is 2.20. The predicted molar refractivity (Wildman–Crippen MR) is 102 cm³/mol. The molecule has 0 bridgehead atoms. The van der Waals surface area contributed by atoms with Crippen LogP contribution in [0.1, 0.15) is 5.56 Å². The first-order valence-corrected chi connectivity index (χ1v) is 8.65. The number of benzene rings is 1.